The van der Waals surface area contributed by atoms with Gasteiger partial charge in [-0.05, 0) is 92.5 Å². The van der Waals surface area contributed by atoms with E-state index < -0.39 is 66.5 Å². The molecule has 1 unspecified atom stereocenters. The van der Waals surface area contributed by atoms with E-state index in [0.717, 1.165) is 32.1 Å². The Labute approximate surface area is 470 Å². The Morgan fingerprint density at radius 3 is 2.15 bits per heavy atom. The third-order valence-corrected chi connectivity index (χ3v) is 16.0. The summed E-state index contributed by atoms with van der Waals surface area (Å²) in [6, 6.07) is 11.7. The second-order valence-corrected chi connectivity index (χ2v) is 22.4. The van der Waals surface area contributed by atoms with Crippen molar-refractivity contribution in [2.75, 3.05) is 52.0 Å². The highest BCUT2D eigenvalue weighted by atomic mass is 16.6. The molecule has 5 amide bonds. The van der Waals surface area contributed by atoms with E-state index in [9.17, 15) is 38.7 Å². The van der Waals surface area contributed by atoms with Gasteiger partial charge < -0.3 is 49.4 Å². The monoisotopic (exact) mass is 1100 g/mol. The van der Waals surface area contributed by atoms with E-state index in [0.29, 0.717) is 54.7 Å². The average Bonchev–Trinajstić information content (AvgIpc) is 3.93. The topological polar surface area (TPSA) is 222 Å². The lowest BCUT2D eigenvalue weighted by atomic mass is 9.83. The highest BCUT2D eigenvalue weighted by Gasteiger charge is 2.44. The van der Waals surface area contributed by atoms with Crippen LogP contribution >= 0.6 is 0 Å². The average molecular weight is 1100 g/mol. The van der Waals surface area contributed by atoms with Gasteiger partial charge in [-0.15, -0.1) is 0 Å². The summed E-state index contributed by atoms with van der Waals surface area (Å²) >= 11 is 0. The van der Waals surface area contributed by atoms with Gasteiger partial charge in [-0.1, -0.05) is 111 Å². The van der Waals surface area contributed by atoms with Crippen LogP contribution in [0.25, 0.3) is 0 Å². The fraction of sp³-hybridized carbons (Fsp3) is 0.656. The number of likely N-dealkylation sites (tertiary alicyclic amines) is 1. The number of hydrogen-bond acceptors (Lipinski definition) is 13. The molecule has 440 valence electrons. The molecule has 4 N–H and O–H groups in total. The minimum atomic E-state index is -0.938. The molecule has 18 nitrogen and oxygen atoms in total. The molecule has 18 heteroatoms. The number of aliphatic hydroxyl groups is 1. The van der Waals surface area contributed by atoms with Crippen molar-refractivity contribution in [1.29, 1.82) is 0 Å². The molecule has 2 aromatic rings. The van der Waals surface area contributed by atoms with Gasteiger partial charge in [0.1, 0.15) is 12.7 Å². The van der Waals surface area contributed by atoms with Crippen LogP contribution in [0.2, 0.25) is 0 Å². The van der Waals surface area contributed by atoms with E-state index in [1.165, 1.54) is 26.2 Å². The van der Waals surface area contributed by atoms with Gasteiger partial charge in [0.2, 0.25) is 17.7 Å². The Kier molecular flexibility index (Phi) is 26.9. The largest absolute Gasteiger partial charge is 0.445 e. The number of likely N-dealkylation sites (N-methyl/N-ethyl adjacent to an activating group) is 2. The Morgan fingerprint density at radius 2 is 1.52 bits per heavy atom. The number of ether oxygens (including phenoxy) is 4. The van der Waals surface area contributed by atoms with Crippen molar-refractivity contribution >= 4 is 52.8 Å². The maximum absolute atomic E-state index is 14.8. The summed E-state index contributed by atoms with van der Waals surface area (Å²) in [5.74, 6) is -3.32. The van der Waals surface area contributed by atoms with E-state index in [2.05, 4.69) is 16.0 Å². The Bertz CT molecular complexity index is 2330. The lowest BCUT2D eigenvalue weighted by Crippen LogP contribution is -2.55. The highest BCUT2D eigenvalue weighted by Crippen LogP contribution is 2.32. The molecule has 1 aliphatic carbocycles. The molecule has 0 bridgehead atoms. The van der Waals surface area contributed by atoms with Crippen molar-refractivity contribution in [2.24, 2.45) is 29.6 Å². The number of nitrogens with zero attached hydrogens (tertiary/aromatic N) is 3. The number of anilines is 2. The molecule has 4 rings (SSSR count). The number of Topliss-reactive ketones (excluding diaryl/α,β-unsaturated/α-hetero) is 2. The molecular formula is C61H94N6O12. The van der Waals surface area contributed by atoms with Crippen LogP contribution in [0.4, 0.5) is 21.0 Å². The van der Waals surface area contributed by atoms with E-state index >= 15 is 0 Å². The summed E-state index contributed by atoms with van der Waals surface area (Å²) < 4.78 is 23.6. The first-order chi connectivity index (χ1) is 37.6. The predicted octanol–water partition coefficient (Wildman–Crippen LogP) is 9.50. The van der Waals surface area contributed by atoms with Crippen LogP contribution in [0.1, 0.15) is 150 Å². The van der Waals surface area contributed by atoms with Gasteiger partial charge in [0.05, 0.1) is 72.7 Å². The van der Waals surface area contributed by atoms with Crippen LogP contribution in [-0.2, 0) is 49.5 Å². The molecule has 1 saturated heterocycles. The third-order valence-electron chi connectivity index (χ3n) is 16.0. The van der Waals surface area contributed by atoms with Crippen molar-refractivity contribution < 1.29 is 57.6 Å². The van der Waals surface area contributed by atoms with E-state index in [1.807, 2.05) is 71.9 Å². The normalized spacial score (nSPS) is 19.5. The first-order valence-corrected chi connectivity index (χ1v) is 28.7. The molecule has 11 atom stereocenters. The van der Waals surface area contributed by atoms with Crippen LogP contribution in [0.15, 0.2) is 60.7 Å². The fourth-order valence-corrected chi connectivity index (χ4v) is 11.0. The predicted molar refractivity (Wildman–Crippen MR) is 306 cm³/mol. The lowest BCUT2D eigenvalue weighted by molar-refractivity contribution is -0.149. The summed E-state index contributed by atoms with van der Waals surface area (Å²) in [5, 5.41) is 19.8. The summed E-state index contributed by atoms with van der Waals surface area (Å²) in [5.41, 5.74) is 2.07. The minimum absolute atomic E-state index is 0.0126. The van der Waals surface area contributed by atoms with E-state index in [4.69, 9.17) is 18.9 Å². The summed E-state index contributed by atoms with van der Waals surface area (Å²) in [7, 11) is 6.27. The second kappa shape index (κ2) is 32.4. The minimum Gasteiger partial charge on any atom is -0.445 e. The Hall–Kier alpha value is -5.85. The number of allylic oxidation sites excluding steroid dienone is 1. The van der Waals surface area contributed by atoms with Crippen molar-refractivity contribution in [3.63, 3.8) is 0 Å². The molecule has 0 radical (unpaired) electrons. The van der Waals surface area contributed by atoms with Gasteiger partial charge in [-0.3, -0.25) is 29.3 Å². The van der Waals surface area contributed by atoms with Crippen LogP contribution in [0.3, 0.4) is 0 Å². The standard InChI is InChI=1S/C61H94N6O12/c1-14-40(7)55(52(76-12)35-53(70)67-32-24-29-50(67)57(77-13)41(8)58(72)63-42(9)56(71)44-25-20-19-21-26-44)65(10)59(73)47(38(3)4)34-51(69)54(39(5)6)66(11)61(75)78-37-43-30-31-48(49(33-43)62-36-45(68)15-2)64-60(74)79-46-27-22-17-16-18-23-28-46/h19-22,25-27,30-31,33,38-42,46-47,50,52,54-57,62,71H,14-18,23-24,28-29,32,34-37H2,1-13H3,(H,63,72)(H,64,74)/b27-22+/t40-,41+,42+,46?,47-,50-,52+,54-,55-,56+,57+/m0/s1. The number of nitrogens with one attached hydrogen (secondary N) is 3. The van der Waals surface area contributed by atoms with Gasteiger partial charge in [-0.2, -0.15) is 0 Å². The quantitative estimate of drug-likeness (QED) is 0.0558. The van der Waals surface area contributed by atoms with Gasteiger partial charge in [0.15, 0.2) is 11.6 Å². The van der Waals surface area contributed by atoms with Gasteiger partial charge in [0.25, 0.3) is 0 Å². The molecule has 1 heterocycles. The Morgan fingerprint density at radius 1 is 0.810 bits per heavy atom. The number of hydrogen-bond donors (Lipinski definition) is 4. The van der Waals surface area contributed by atoms with Crippen molar-refractivity contribution in [2.45, 2.75) is 188 Å². The maximum Gasteiger partial charge on any atom is 0.412 e. The molecule has 0 saturated carbocycles. The van der Waals surface area contributed by atoms with E-state index in [1.54, 1.807) is 68.0 Å². The number of ketones is 2. The molecule has 79 heavy (non-hydrogen) atoms. The molecule has 2 aromatic carbocycles. The maximum atomic E-state index is 14.8. The van der Waals surface area contributed by atoms with Crippen LogP contribution in [0.5, 0.6) is 0 Å². The van der Waals surface area contributed by atoms with Gasteiger partial charge in [-0.25, -0.2) is 9.59 Å². The lowest BCUT2D eigenvalue weighted by Gasteiger charge is -2.41. The number of carbonyl (C=O) groups excluding carboxylic acids is 7. The third kappa shape index (κ3) is 18.9. The Balaban J connectivity index is 1.44. The smallest absolute Gasteiger partial charge is 0.412 e. The number of aliphatic hydroxyl groups excluding tert-OH is 1. The number of carbonyl (C=O) groups is 7. The number of rotatable bonds is 29. The molecule has 2 aliphatic rings. The van der Waals surface area contributed by atoms with Crippen molar-refractivity contribution in [3.05, 3.63) is 71.8 Å². The zero-order chi connectivity index (χ0) is 58.5. The molecule has 0 spiro atoms. The highest BCUT2D eigenvalue weighted by molar-refractivity contribution is 5.93. The van der Waals surface area contributed by atoms with Crippen LogP contribution < -0.4 is 16.0 Å². The zero-order valence-corrected chi connectivity index (χ0v) is 49.5. The van der Waals surface area contributed by atoms with Gasteiger partial charge in [0, 0.05) is 53.6 Å². The van der Waals surface area contributed by atoms with Crippen molar-refractivity contribution in [1.82, 2.24) is 20.0 Å². The van der Waals surface area contributed by atoms with Crippen molar-refractivity contribution in [3.8, 4) is 0 Å². The van der Waals surface area contributed by atoms with Crippen LogP contribution in [0, 0.1) is 29.6 Å². The SMILES string of the molecule is CCC(=O)CNc1cc(COC(=O)N(C)[C@H](C(=O)C[C@H](C(=O)N(C)[C@@H]([C@@H](C)CC)[C@@H](CC(=O)N2CCC[C@H]2[C@H](OC)[C@@H](C)C(=O)N[C@H](C)[C@@H](O)c2ccccc2)OC)C(C)C)C(C)C)ccc1NC(=O)OC1/C=C/CCCCC1. The van der Waals surface area contributed by atoms with E-state index in [-0.39, 0.29) is 79.1 Å². The molecule has 0 aromatic heterocycles. The first-order valence-electron chi connectivity index (χ1n) is 28.7. The zero-order valence-electron chi connectivity index (χ0n) is 49.5. The fourth-order valence-electron chi connectivity index (χ4n) is 11.0. The molecule has 1 fully saturated rings. The molecule has 1 aliphatic heterocycles. The summed E-state index contributed by atoms with van der Waals surface area (Å²) in [4.78, 5) is 101. The first kappa shape index (κ1) is 65.7. The number of methoxy groups -OCH3 is 2. The number of benzene rings is 2. The second-order valence-electron chi connectivity index (χ2n) is 22.4. The van der Waals surface area contributed by atoms with Gasteiger partial charge >= 0.3 is 12.2 Å². The molecular weight excluding hydrogens is 1010 g/mol. The summed E-state index contributed by atoms with van der Waals surface area (Å²) in [6.07, 6.45) is 6.83. The van der Waals surface area contributed by atoms with Crippen LogP contribution in [-0.4, -0.2) is 145 Å². The number of amides is 5. The summed E-state index contributed by atoms with van der Waals surface area (Å²) in [6.45, 7) is 17.0.